The van der Waals surface area contributed by atoms with Crippen molar-refractivity contribution < 1.29 is 22.7 Å². The number of anilines is 1. The lowest BCUT2D eigenvalue weighted by Crippen LogP contribution is -2.22. The van der Waals surface area contributed by atoms with Crippen LogP contribution in [0.3, 0.4) is 0 Å². The third-order valence-electron chi connectivity index (χ3n) is 3.64. The third kappa shape index (κ3) is 3.69. The van der Waals surface area contributed by atoms with E-state index in [2.05, 4.69) is 10.3 Å². The summed E-state index contributed by atoms with van der Waals surface area (Å²) in [6.45, 7) is -0.502. The monoisotopic (exact) mass is 362 g/mol. The van der Waals surface area contributed by atoms with Crippen LogP contribution >= 0.6 is 0 Å². The molecule has 0 saturated heterocycles. The summed E-state index contributed by atoms with van der Waals surface area (Å²) in [5.74, 6) is -0.462. The number of amides is 1. The number of alkyl halides is 3. The van der Waals surface area contributed by atoms with Crippen LogP contribution in [-0.2, 0) is 11.0 Å². The molecule has 3 rings (SSSR count). The highest BCUT2D eigenvalue weighted by Crippen LogP contribution is 2.34. The first-order valence-corrected chi connectivity index (χ1v) is 7.55. The van der Waals surface area contributed by atoms with E-state index in [4.69, 9.17) is 4.74 Å². The van der Waals surface area contributed by atoms with E-state index in [0.717, 1.165) is 12.1 Å². The Bertz CT molecular complexity index is 1010. The van der Waals surface area contributed by atoms with E-state index >= 15 is 0 Å². The Hall–Kier alpha value is -3.29. The normalized spacial score (nSPS) is 11.3. The Kier molecular flexibility index (Phi) is 4.66. The van der Waals surface area contributed by atoms with Crippen molar-refractivity contribution in [2.45, 2.75) is 6.18 Å². The molecule has 0 fully saturated rings. The summed E-state index contributed by atoms with van der Waals surface area (Å²) in [4.78, 5) is 26.3. The predicted octanol–water partition coefficient (Wildman–Crippen LogP) is 3.56. The quantitative estimate of drug-likeness (QED) is 0.745. The molecule has 0 aliphatic heterocycles. The van der Waals surface area contributed by atoms with Crippen molar-refractivity contribution in [3.63, 3.8) is 0 Å². The average molecular weight is 362 g/mol. The maximum Gasteiger partial charge on any atom is 0.418 e. The van der Waals surface area contributed by atoms with E-state index in [1.165, 1.54) is 18.3 Å². The van der Waals surface area contributed by atoms with Gasteiger partial charge in [-0.2, -0.15) is 13.2 Å². The molecule has 3 aromatic rings. The van der Waals surface area contributed by atoms with Crippen molar-refractivity contribution in [3.05, 3.63) is 70.6 Å². The number of fused-ring (bicyclic) bond motifs is 1. The molecule has 2 aromatic carbocycles. The Morgan fingerprint density at radius 3 is 2.58 bits per heavy atom. The molecule has 0 aliphatic carbocycles. The predicted molar refractivity (Wildman–Crippen MR) is 90.1 cm³/mol. The topological polar surface area (TPSA) is 71.2 Å². The fourth-order valence-corrected chi connectivity index (χ4v) is 2.49. The number of carbonyl (C=O) groups is 1. The third-order valence-corrected chi connectivity index (χ3v) is 3.64. The molecule has 134 valence electrons. The van der Waals surface area contributed by atoms with Crippen molar-refractivity contribution in [1.29, 1.82) is 0 Å². The SMILES string of the molecule is O=C(COc1cccc2c(=O)[nH]ccc12)Nc1ccccc1C(F)(F)F. The van der Waals surface area contributed by atoms with Crippen LogP contribution < -0.4 is 15.6 Å². The zero-order chi connectivity index (χ0) is 18.7. The van der Waals surface area contributed by atoms with Gasteiger partial charge in [-0.15, -0.1) is 0 Å². The molecular weight excluding hydrogens is 349 g/mol. The number of aromatic amines is 1. The van der Waals surface area contributed by atoms with Gasteiger partial charge in [0, 0.05) is 11.6 Å². The van der Waals surface area contributed by atoms with Crippen molar-refractivity contribution >= 4 is 22.4 Å². The van der Waals surface area contributed by atoms with E-state index in [0.29, 0.717) is 10.8 Å². The van der Waals surface area contributed by atoms with E-state index in [9.17, 15) is 22.8 Å². The van der Waals surface area contributed by atoms with Crippen LogP contribution in [0.25, 0.3) is 10.8 Å². The van der Waals surface area contributed by atoms with Crippen molar-refractivity contribution in [2.24, 2.45) is 0 Å². The van der Waals surface area contributed by atoms with Gasteiger partial charge < -0.3 is 15.0 Å². The van der Waals surface area contributed by atoms with Gasteiger partial charge >= 0.3 is 6.18 Å². The largest absolute Gasteiger partial charge is 0.483 e. The lowest BCUT2D eigenvalue weighted by Gasteiger charge is -2.14. The van der Waals surface area contributed by atoms with Gasteiger partial charge in [0.05, 0.1) is 16.6 Å². The van der Waals surface area contributed by atoms with Gasteiger partial charge in [-0.1, -0.05) is 18.2 Å². The maximum atomic E-state index is 12.9. The van der Waals surface area contributed by atoms with Gasteiger partial charge in [-0.25, -0.2) is 0 Å². The van der Waals surface area contributed by atoms with Crippen molar-refractivity contribution in [2.75, 3.05) is 11.9 Å². The number of ether oxygens (including phenoxy) is 1. The molecule has 8 heteroatoms. The molecule has 1 amide bonds. The first kappa shape index (κ1) is 17.5. The molecule has 26 heavy (non-hydrogen) atoms. The minimum absolute atomic E-state index is 0.285. The number of aromatic nitrogens is 1. The Morgan fingerprint density at radius 1 is 1.04 bits per heavy atom. The van der Waals surface area contributed by atoms with Crippen molar-refractivity contribution in [3.8, 4) is 5.75 Å². The van der Waals surface area contributed by atoms with Gasteiger partial charge in [-0.3, -0.25) is 9.59 Å². The highest BCUT2D eigenvalue weighted by Gasteiger charge is 2.33. The minimum atomic E-state index is -4.58. The Labute approximate surface area is 145 Å². The van der Waals surface area contributed by atoms with Gasteiger partial charge in [0.25, 0.3) is 11.5 Å². The van der Waals surface area contributed by atoms with E-state index in [1.807, 2.05) is 0 Å². The molecule has 0 saturated carbocycles. The summed E-state index contributed by atoms with van der Waals surface area (Å²) in [5, 5.41) is 3.08. The van der Waals surface area contributed by atoms with Gasteiger partial charge in [0.1, 0.15) is 5.75 Å². The molecule has 2 N–H and O–H groups in total. The van der Waals surface area contributed by atoms with Crippen molar-refractivity contribution in [1.82, 2.24) is 4.98 Å². The Balaban J connectivity index is 1.75. The molecule has 1 aromatic heterocycles. The van der Waals surface area contributed by atoms with Gasteiger partial charge in [0.2, 0.25) is 0 Å². The molecule has 0 atom stereocenters. The van der Waals surface area contributed by atoms with E-state index < -0.39 is 24.3 Å². The summed E-state index contributed by atoms with van der Waals surface area (Å²) in [6, 6.07) is 11.0. The standard InChI is InChI=1S/C18H13F3N2O3/c19-18(20,21)13-5-1-2-6-14(13)23-16(24)10-26-15-7-3-4-12-11(15)8-9-22-17(12)25/h1-9H,10H2,(H,22,25)(H,23,24). The molecule has 0 spiro atoms. The summed E-state index contributed by atoms with van der Waals surface area (Å²) in [6.07, 6.45) is -3.14. The first-order valence-electron chi connectivity index (χ1n) is 7.55. The molecule has 1 heterocycles. The fraction of sp³-hybridized carbons (Fsp3) is 0.111. The van der Waals surface area contributed by atoms with Gasteiger partial charge in [0.15, 0.2) is 6.61 Å². The molecule has 5 nitrogen and oxygen atoms in total. The van der Waals surface area contributed by atoms with Gasteiger partial charge in [-0.05, 0) is 30.3 Å². The minimum Gasteiger partial charge on any atom is -0.483 e. The van der Waals surface area contributed by atoms with Crippen LogP contribution in [0, 0.1) is 0 Å². The van der Waals surface area contributed by atoms with E-state index in [1.54, 1.807) is 24.3 Å². The number of rotatable bonds is 4. The summed E-state index contributed by atoms with van der Waals surface area (Å²) < 4.78 is 44.2. The number of hydrogen-bond donors (Lipinski definition) is 2. The van der Waals surface area contributed by atoms with Crippen LogP contribution in [0.15, 0.2) is 59.5 Å². The molecule has 0 unspecified atom stereocenters. The van der Waals surface area contributed by atoms with Crippen LogP contribution in [0.4, 0.5) is 18.9 Å². The number of carbonyl (C=O) groups excluding carboxylic acids is 1. The molecular formula is C18H13F3N2O3. The number of pyridine rings is 1. The first-order chi connectivity index (χ1) is 12.4. The number of nitrogens with one attached hydrogen (secondary N) is 2. The maximum absolute atomic E-state index is 12.9. The zero-order valence-electron chi connectivity index (χ0n) is 13.3. The number of para-hydroxylation sites is 1. The molecule has 0 aliphatic rings. The highest BCUT2D eigenvalue weighted by molar-refractivity contribution is 5.93. The number of halogens is 3. The summed E-state index contributed by atoms with van der Waals surface area (Å²) >= 11 is 0. The smallest absolute Gasteiger partial charge is 0.418 e. The summed E-state index contributed by atoms with van der Waals surface area (Å²) in [5.41, 5.74) is -1.59. The number of hydrogen-bond acceptors (Lipinski definition) is 3. The second-order valence-corrected chi connectivity index (χ2v) is 5.40. The lowest BCUT2D eigenvalue weighted by molar-refractivity contribution is -0.137. The molecule has 0 radical (unpaired) electrons. The second kappa shape index (κ2) is 6.91. The van der Waals surface area contributed by atoms with Crippen LogP contribution in [-0.4, -0.2) is 17.5 Å². The second-order valence-electron chi connectivity index (χ2n) is 5.40. The Morgan fingerprint density at radius 2 is 1.81 bits per heavy atom. The van der Waals surface area contributed by atoms with Crippen LogP contribution in [0.5, 0.6) is 5.75 Å². The van der Waals surface area contributed by atoms with Crippen LogP contribution in [0.2, 0.25) is 0 Å². The number of benzene rings is 2. The van der Waals surface area contributed by atoms with E-state index in [-0.39, 0.29) is 17.0 Å². The lowest BCUT2D eigenvalue weighted by atomic mass is 10.1. The average Bonchev–Trinajstić information content (AvgIpc) is 2.60. The summed E-state index contributed by atoms with van der Waals surface area (Å²) in [7, 11) is 0. The van der Waals surface area contributed by atoms with Crippen LogP contribution in [0.1, 0.15) is 5.56 Å². The fourth-order valence-electron chi connectivity index (χ4n) is 2.49. The zero-order valence-corrected chi connectivity index (χ0v) is 13.3. The highest BCUT2D eigenvalue weighted by atomic mass is 19.4. The number of H-pyrrole nitrogens is 1. The molecule has 0 bridgehead atoms.